The first kappa shape index (κ1) is 16.5. The summed E-state index contributed by atoms with van der Waals surface area (Å²) in [4.78, 5) is 0. The van der Waals surface area contributed by atoms with E-state index in [1.807, 2.05) is 50.2 Å². The van der Waals surface area contributed by atoms with Gasteiger partial charge in [0.25, 0.3) is 0 Å². The van der Waals surface area contributed by atoms with Crippen molar-refractivity contribution >= 4 is 28.9 Å². The summed E-state index contributed by atoms with van der Waals surface area (Å²) in [6.07, 6.45) is 1.58. The Morgan fingerprint density at radius 2 is 1.59 bits per heavy atom. The molecule has 0 radical (unpaired) electrons. The van der Waals surface area contributed by atoms with E-state index in [-0.39, 0.29) is 4.49 Å². The van der Waals surface area contributed by atoms with E-state index in [2.05, 4.69) is 0 Å². The van der Waals surface area contributed by atoms with Gasteiger partial charge in [-0.1, -0.05) is 23.2 Å². The Hall–Kier alpha value is -1.84. The van der Waals surface area contributed by atoms with E-state index in [0.29, 0.717) is 12.4 Å². The summed E-state index contributed by atoms with van der Waals surface area (Å²) in [6.45, 7) is 4.26. The molecule has 0 fully saturated rings. The molecule has 0 saturated carbocycles. The van der Waals surface area contributed by atoms with Crippen LogP contribution < -0.4 is 15.2 Å². The highest BCUT2D eigenvalue weighted by Gasteiger charge is 2.07. The highest BCUT2D eigenvalue weighted by atomic mass is 35.5. The number of benzene rings is 2. The first-order valence-electron chi connectivity index (χ1n) is 6.74. The van der Waals surface area contributed by atoms with Crippen LogP contribution in [-0.4, -0.2) is 6.61 Å². The number of nitrogen functional groups attached to an aromatic ring is 1. The van der Waals surface area contributed by atoms with Crippen molar-refractivity contribution in [2.75, 3.05) is 12.3 Å². The van der Waals surface area contributed by atoms with Gasteiger partial charge in [-0.25, -0.2) is 0 Å². The van der Waals surface area contributed by atoms with Gasteiger partial charge in [0.2, 0.25) is 0 Å². The molecule has 0 unspecified atom stereocenters. The molecule has 5 heteroatoms. The lowest BCUT2D eigenvalue weighted by atomic mass is 10.1. The van der Waals surface area contributed by atoms with Crippen LogP contribution in [0.4, 0.5) is 5.69 Å². The lowest BCUT2D eigenvalue weighted by molar-refractivity contribution is 0.362. The topological polar surface area (TPSA) is 44.5 Å². The van der Waals surface area contributed by atoms with Crippen molar-refractivity contribution in [3.05, 3.63) is 58.1 Å². The summed E-state index contributed by atoms with van der Waals surface area (Å²) < 4.78 is 11.6. The van der Waals surface area contributed by atoms with Gasteiger partial charge in [-0.2, -0.15) is 0 Å². The maximum absolute atomic E-state index is 5.93. The largest absolute Gasteiger partial charge is 0.489 e. The van der Waals surface area contributed by atoms with Crippen LogP contribution in [0.15, 0.2) is 47.0 Å². The van der Waals surface area contributed by atoms with Crippen LogP contribution in [-0.2, 0) is 0 Å². The molecule has 0 atom stereocenters. The summed E-state index contributed by atoms with van der Waals surface area (Å²) in [5.41, 5.74) is 8.55. The number of halogens is 2. The molecule has 0 aliphatic rings. The van der Waals surface area contributed by atoms with Crippen molar-refractivity contribution in [1.29, 1.82) is 0 Å². The second-order valence-corrected chi connectivity index (χ2v) is 5.87. The number of nitrogens with two attached hydrogens (primary N) is 1. The van der Waals surface area contributed by atoms with Crippen LogP contribution in [0.3, 0.4) is 0 Å². The molecule has 116 valence electrons. The molecule has 2 aromatic rings. The van der Waals surface area contributed by atoms with Crippen molar-refractivity contribution in [2.24, 2.45) is 0 Å². The third-order valence-corrected chi connectivity index (χ3v) is 3.32. The van der Waals surface area contributed by atoms with Crippen LogP contribution in [0.2, 0.25) is 0 Å². The molecule has 2 rings (SSSR count). The van der Waals surface area contributed by atoms with Gasteiger partial charge in [-0.3, -0.25) is 0 Å². The maximum atomic E-state index is 5.93. The zero-order valence-corrected chi connectivity index (χ0v) is 13.9. The maximum Gasteiger partial charge on any atom is 0.133 e. The van der Waals surface area contributed by atoms with E-state index in [0.717, 1.165) is 28.3 Å². The van der Waals surface area contributed by atoms with E-state index < -0.39 is 0 Å². The molecular formula is C17H17Cl2NO2. The van der Waals surface area contributed by atoms with Crippen molar-refractivity contribution in [3.8, 4) is 17.2 Å². The molecule has 2 aromatic carbocycles. The monoisotopic (exact) mass is 337 g/mol. The molecule has 0 aromatic heterocycles. The molecule has 0 amide bonds. The lowest BCUT2D eigenvalue weighted by Crippen LogP contribution is -1.95. The van der Waals surface area contributed by atoms with E-state index >= 15 is 0 Å². The number of hydrogen-bond acceptors (Lipinski definition) is 3. The van der Waals surface area contributed by atoms with Gasteiger partial charge in [0.1, 0.15) is 28.3 Å². The number of ether oxygens (including phenoxy) is 2. The third-order valence-electron chi connectivity index (χ3n) is 3.01. The Labute approximate surface area is 140 Å². The SMILES string of the molecule is Cc1cc(N)cc(C)c1Oc1ccc(OCC=C(Cl)Cl)cc1. The highest BCUT2D eigenvalue weighted by molar-refractivity contribution is 6.55. The van der Waals surface area contributed by atoms with Gasteiger partial charge in [-0.05, 0) is 67.4 Å². The minimum absolute atomic E-state index is 0.189. The molecule has 3 nitrogen and oxygen atoms in total. The fraction of sp³-hybridized carbons (Fsp3) is 0.176. The van der Waals surface area contributed by atoms with Gasteiger partial charge in [0, 0.05) is 5.69 Å². The fourth-order valence-corrected chi connectivity index (χ4v) is 2.19. The molecule has 0 heterocycles. The Kier molecular flexibility index (Phi) is 5.58. The number of rotatable bonds is 5. The van der Waals surface area contributed by atoms with Gasteiger partial charge in [-0.15, -0.1) is 0 Å². The van der Waals surface area contributed by atoms with Gasteiger partial charge < -0.3 is 15.2 Å². The lowest BCUT2D eigenvalue weighted by Gasteiger charge is -2.13. The van der Waals surface area contributed by atoms with Crippen LogP contribution in [0.1, 0.15) is 11.1 Å². The Morgan fingerprint density at radius 3 is 2.14 bits per heavy atom. The predicted octanol–water partition coefficient (Wildman–Crippen LogP) is 5.38. The van der Waals surface area contributed by atoms with Crippen LogP contribution in [0.25, 0.3) is 0 Å². The Morgan fingerprint density at radius 1 is 1.05 bits per heavy atom. The number of hydrogen-bond donors (Lipinski definition) is 1. The molecule has 0 aliphatic heterocycles. The summed E-state index contributed by atoms with van der Waals surface area (Å²) >= 11 is 11.0. The first-order chi connectivity index (χ1) is 10.5. The zero-order valence-electron chi connectivity index (χ0n) is 12.4. The molecule has 0 aliphatic carbocycles. The van der Waals surface area contributed by atoms with Crippen LogP contribution in [0.5, 0.6) is 17.2 Å². The molecule has 22 heavy (non-hydrogen) atoms. The number of aryl methyl sites for hydroxylation is 2. The molecule has 2 N–H and O–H groups in total. The van der Waals surface area contributed by atoms with Gasteiger partial charge in [0.05, 0.1) is 0 Å². The van der Waals surface area contributed by atoms with E-state index in [1.54, 1.807) is 6.08 Å². The summed E-state index contributed by atoms with van der Waals surface area (Å²) in [7, 11) is 0. The van der Waals surface area contributed by atoms with Crippen LogP contribution >= 0.6 is 23.2 Å². The quantitative estimate of drug-likeness (QED) is 0.745. The highest BCUT2D eigenvalue weighted by Crippen LogP contribution is 2.31. The van der Waals surface area contributed by atoms with Gasteiger partial charge in [0.15, 0.2) is 0 Å². The van der Waals surface area contributed by atoms with Crippen molar-refractivity contribution < 1.29 is 9.47 Å². The molecule has 0 spiro atoms. The minimum atomic E-state index is 0.189. The fourth-order valence-electron chi connectivity index (χ4n) is 2.07. The Bertz CT molecular complexity index is 655. The van der Waals surface area contributed by atoms with Crippen LogP contribution in [0, 0.1) is 13.8 Å². The van der Waals surface area contributed by atoms with Crippen molar-refractivity contribution in [1.82, 2.24) is 0 Å². The average Bonchev–Trinajstić information content (AvgIpc) is 2.44. The van der Waals surface area contributed by atoms with E-state index in [4.69, 9.17) is 38.4 Å². The summed E-state index contributed by atoms with van der Waals surface area (Å²) in [5, 5.41) is 0. The average molecular weight is 338 g/mol. The standard InChI is InChI=1S/C17H17Cl2NO2/c1-11-9-13(20)10-12(2)17(11)22-15-5-3-14(4-6-15)21-8-7-16(18)19/h3-7,9-10H,8,20H2,1-2H3. The summed E-state index contributed by atoms with van der Waals surface area (Å²) in [5.74, 6) is 2.26. The second kappa shape index (κ2) is 7.43. The second-order valence-electron chi connectivity index (χ2n) is 4.86. The van der Waals surface area contributed by atoms with Gasteiger partial charge >= 0.3 is 0 Å². The molecule has 0 saturated heterocycles. The zero-order chi connectivity index (χ0) is 16.1. The Balaban J connectivity index is 2.07. The first-order valence-corrected chi connectivity index (χ1v) is 7.50. The molecular weight excluding hydrogens is 321 g/mol. The smallest absolute Gasteiger partial charge is 0.133 e. The number of anilines is 1. The predicted molar refractivity (Wildman–Crippen MR) is 92.1 cm³/mol. The normalized spacial score (nSPS) is 10.2. The van der Waals surface area contributed by atoms with Crippen molar-refractivity contribution in [2.45, 2.75) is 13.8 Å². The molecule has 0 bridgehead atoms. The van der Waals surface area contributed by atoms with E-state index in [1.165, 1.54) is 0 Å². The third kappa shape index (κ3) is 4.58. The summed E-state index contributed by atoms with van der Waals surface area (Å²) in [6, 6.07) is 11.1. The van der Waals surface area contributed by atoms with Crippen molar-refractivity contribution in [3.63, 3.8) is 0 Å². The van der Waals surface area contributed by atoms with E-state index in [9.17, 15) is 0 Å². The minimum Gasteiger partial charge on any atom is -0.489 e.